The summed E-state index contributed by atoms with van der Waals surface area (Å²) in [7, 11) is 0. The molecule has 3 heteroatoms. The summed E-state index contributed by atoms with van der Waals surface area (Å²) < 4.78 is 11.3. The number of hydrogen-bond donors (Lipinski definition) is 1. The highest BCUT2D eigenvalue weighted by atomic mass is 16.7. The van der Waals surface area contributed by atoms with E-state index in [9.17, 15) is 0 Å². The fourth-order valence-electron chi connectivity index (χ4n) is 2.45. The van der Waals surface area contributed by atoms with Crippen LogP contribution in [-0.4, -0.2) is 26.0 Å². The van der Waals surface area contributed by atoms with Crippen molar-refractivity contribution in [2.24, 2.45) is 11.7 Å². The molecule has 1 saturated heterocycles. The van der Waals surface area contributed by atoms with Gasteiger partial charge in [0.25, 0.3) is 0 Å². The van der Waals surface area contributed by atoms with Gasteiger partial charge in [-0.1, -0.05) is 39.0 Å². The maximum Gasteiger partial charge on any atom is 0.160 e. The second kappa shape index (κ2) is 9.86. The molecule has 0 aromatic carbocycles. The van der Waals surface area contributed by atoms with Crippen LogP contribution in [0.1, 0.15) is 58.3 Å². The number of rotatable bonds is 10. The van der Waals surface area contributed by atoms with E-state index in [1.807, 2.05) is 0 Å². The van der Waals surface area contributed by atoms with Gasteiger partial charge in [-0.05, 0) is 25.8 Å². The van der Waals surface area contributed by atoms with Gasteiger partial charge in [-0.2, -0.15) is 0 Å². The van der Waals surface area contributed by atoms with E-state index in [1.54, 1.807) is 0 Å². The SMILES string of the molecule is CCCCCC[C@@H](CCCCN)C1OCCO1. The Bertz CT molecular complexity index is 170. The molecule has 1 rings (SSSR count). The Kier molecular flexibility index (Phi) is 8.67. The van der Waals surface area contributed by atoms with Gasteiger partial charge in [0.05, 0.1) is 13.2 Å². The molecule has 0 bridgehead atoms. The third kappa shape index (κ3) is 6.39. The van der Waals surface area contributed by atoms with E-state index in [1.165, 1.54) is 44.9 Å². The molecule has 0 aromatic rings. The summed E-state index contributed by atoms with van der Waals surface area (Å²) in [5.74, 6) is 0.584. The molecule has 102 valence electrons. The topological polar surface area (TPSA) is 44.5 Å². The molecule has 0 amide bonds. The standard InChI is InChI=1S/C14H29NO2/c1-2-3-4-5-8-13(9-6-7-10-15)14-16-11-12-17-14/h13-14H,2-12,15H2,1H3/t13-/m0/s1. The molecule has 0 radical (unpaired) electrons. The Labute approximate surface area is 106 Å². The van der Waals surface area contributed by atoms with Crippen molar-refractivity contribution in [1.29, 1.82) is 0 Å². The van der Waals surface area contributed by atoms with Crippen molar-refractivity contribution >= 4 is 0 Å². The molecule has 0 aliphatic carbocycles. The fraction of sp³-hybridized carbons (Fsp3) is 1.00. The highest BCUT2D eigenvalue weighted by molar-refractivity contribution is 4.67. The van der Waals surface area contributed by atoms with Gasteiger partial charge in [0.2, 0.25) is 0 Å². The maximum atomic E-state index is 5.65. The number of unbranched alkanes of at least 4 members (excludes halogenated alkanes) is 4. The number of nitrogens with two attached hydrogens (primary N) is 1. The molecule has 1 fully saturated rings. The van der Waals surface area contributed by atoms with Gasteiger partial charge in [-0.25, -0.2) is 0 Å². The first-order valence-corrected chi connectivity index (χ1v) is 7.31. The number of ether oxygens (including phenoxy) is 2. The van der Waals surface area contributed by atoms with Crippen LogP contribution < -0.4 is 5.73 Å². The first kappa shape index (κ1) is 14.9. The van der Waals surface area contributed by atoms with Crippen molar-refractivity contribution in [2.45, 2.75) is 64.6 Å². The van der Waals surface area contributed by atoms with Crippen molar-refractivity contribution in [2.75, 3.05) is 19.8 Å². The van der Waals surface area contributed by atoms with E-state index < -0.39 is 0 Å². The Balaban J connectivity index is 2.20. The smallest absolute Gasteiger partial charge is 0.160 e. The lowest BCUT2D eigenvalue weighted by molar-refractivity contribution is -0.0885. The predicted octanol–water partition coefficient (Wildman–Crippen LogP) is 3.07. The Morgan fingerprint density at radius 3 is 2.24 bits per heavy atom. The molecule has 2 N–H and O–H groups in total. The summed E-state index contributed by atoms with van der Waals surface area (Å²) in [6, 6.07) is 0. The summed E-state index contributed by atoms with van der Waals surface area (Å²) in [4.78, 5) is 0. The highest BCUT2D eigenvalue weighted by Crippen LogP contribution is 2.25. The molecule has 1 aliphatic heterocycles. The lowest BCUT2D eigenvalue weighted by Crippen LogP contribution is -2.22. The van der Waals surface area contributed by atoms with Crippen LogP contribution in [0.4, 0.5) is 0 Å². The highest BCUT2D eigenvalue weighted by Gasteiger charge is 2.25. The first-order chi connectivity index (χ1) is 8.38. The lowest BCUT2D eigenvalue weighted by Gasteiger charge is -2.22. The van der Waals surface area contributed by atoms with Gasteiger partial charge in [0.1, 0.15) is 0 Å². The van der Waals surface area contributed by atoms with Gasteiger partial charge in [-0.3, -0.25) is 0 Å². The van der Waals surface area contributed by atoms with Crippen molar-refractivity contribution in [3.63, 3.8) is 0 Å². The molecule has 17 heavy (non-hydrogen) atoms. The summed E-state index contributed by atoms with van der Waals surface area (Å²) in [6.45, 7) is 4.59. The molecule has 1 atom stereocenters. The first-order valence-electron chi connectivity index (χ1n) is 7.31. The largest absolute Gasteiger partial charge is 0.350 e. The molecule has 0 unspecified atom stereocenters. The average molecular weight is 243 g/mol. The van der Waals surface area contributed by atoms with Gasteiger partial charge in [0, 0.05) is 5.92 Å². The van der Waals surface area contributed by atoms with Gasteiger partial charge < -0.3 is 15.2 Å². The van der Waals surface area contributed by atoms with Crippen LogP contribution in [0.25, 0.3) is 0 Å². The molecule has 0 spiro atoms. The molecule has 3 nitrogen and oxygen atoms in total. The van der Waals surface area contributed by atoms with Crippen LogP contribution in [0.5, 0.6) is 0 Å². The molecule has 0 aromatic heterocycles. The third-order valence-corrected chi connectivity index (χ3v) is 3.49. The zero-order valence-electron chi connectivity index (χ0n) is 11.3. The zero-order valence-corrected chi connectivity index (χ0v) is 11.3. The summed E-state index contributed by atoms with van der Waals surface area (Å²) in [5, 5.41) is 0. The quantitative estimate of drug-likeness (QED) is 0.600. The van der Waals surface area contributed by atoms with E-state index in [-0.39, 0.29) is 6.29 Å². The zero-order chi connectivity index (χ0) is 12.3. The van der Waals surface area contributed by atoms with E-state index in [0.29, 0.717) is 5.92 Å². The van der Waals surface area contributed by atoms with Crippen LogP contribution in [0, 0.1) is 5.92 Å². The summed E-state index contributed by atoms with van der Waals surface area (Å²) in [5.41, 5.74) is 5.55. The normalized spacial score (nSPS) is 18.7. The molecular formula is C14H29NO2. The number of hydrogen-bond acceptors (Lipinski definition) is 3. The average Bonchev–Trinajstić information content (AvgIpc) is 2.86. The van der Waals surface area contributed by atoms with Crippen LogP contribution >= 0.6 is 0 Å². The minimum atomic E-state index is 0.0643. The Hall–Kier alpha value is -0.120. The predicted molar refractivity (Wildman–Crippen MR) is 70.8 cm³/mol. The second-order valence-corrected chi connectivity index (χ2v) is 5.00. The monoisotopic (exact) mass is 243 g/mol. The summed E-state index contributed by atoms with van der Waals surface area (Å²) >= 11 is 0. The van der Waals surface area contributed by atoms with Crippen LogP contribution in [0.2, 0.25) is 0 Å². The Morgan fingerprint density at radius 2 is 1.65 bits per heavy atom. The summed E-state index contributed by atoms with van der Waals surface area (Å²) in [6.07, 6.45) is 10.1. The van der Waals surface area contributed by atoms with Crippen molar-refractivity contribution in [3.8, 4) is 0 Å². The van der Waals surface area contributed by atoms with Crippen LogP contribution in [0.3, 0.4) is 0 Å². The molecular weight excluding hydrogens is 214 g/mol. The minimum absolute atomic E-state index is 0.0643. The van der Waals surface area contributed by atoms with Gasteiger partial charge in [-0.15, -0.1) is 0 Å². The van der Waals surface area contributed by atoms with Crippen molar-refractivity contribution in [1.82, 2.24) is 0 Å². The van der Waals surface area contributed by atoms with E-state index >= 15 is 0 Å². The molecule has 0 saturated carbocycles. The van der Waals surface area contributed by atoms with E-state index in [0.717, 1.165) is 26.2 Å². The fourth-order valence-corrected chi connectivity index (χ4v) is 2.45. The maximum absolute atomic E-state index is 5.65. The van der Waals surface area contributed by atoms with Crippen LogP contribution in [0.15, 0.2) is 0 Å². The minimum Gasteiger partial charge on any atom is -0.350 e. The Morgan fingerprint density at radius 1 is 1.00 bits per heavy atom. The van der Waals surface area contributed by atoms with Crippen LogP contribution in [-0.2, 0) is 9.47 Å². The lowest BCUT2D eigenvalue weighted by atomic mass is 9.94. The van der Waals surface area contributed by atoms with E-state index in [4.69, 9.17) is 15.2 Å². The van der Waals surface area contributed by atoms with Gasteiger partial charge in [0.15, 0.2) is 6.29 Å². The molecule has 1 heterocycles. The molecule has 1 aliphatic rings. The van der Waals surface area contributed by atoms with Crippen molar-refractivity contribution < 1.29 is 9.47 Å². The van der Waals surface area contributed by atoms with Crippen molar-refractivity contribution in [3.05, 3.63) is 0 Å². The third-order valence-electron chi connectivity index (χ3n) is 3.49. The van der Waals surface area contributed by atoms with E-state index in [2.05, 4.69) is 6.92 Å². The van der Waals surface area contributed by atoms with Gasteiger partial charge >= 0.3 is 0 Å². The second-order valence-electron chi connectivity index (χ2n) is 5.00.